The third-order valence-electron chi connectivity index (χ3n) is 12.3. The standard InChI is InChI=1S/C54H31N3O2/c58-54-40-18-6-10-25-50(40)59-51-31-43-41(30-44(51)54)38-19-11-24-49(52(38)37-17-2-1-13-33(37)39-20-12-28-55-53(39)43)57-47-23-9-5-16-36(47)42-29-32(26-27-48(42)57)56-45-21-7-3-14-34(45)35-15-4-8-22-46(35)56/h1-31H. The summed E-state index contributed by atoms with van der Waals surface area (Å²) in [5.74, 6) is 0. The molecule has 0 bridgehead atoms. The minimum atomic E-state index is -0.0486. The molecule has 12 aromatic rings. The summed E-state index contributed by atoms with van der Waals surface area (Å²) in [7, 11) is 0. The third kappa shape index (κ3) is 4.44. The Bertz CT molecular complexity index is 3770. The molecule has 8 aromatic carbocycles. The lowest BCUT2D eigenvalue weighted by atomic mass is 9.81. The fraction of sp³-hybridized carbons (Fsp3) is 0. The fourth-order valence-electron chi connectivity index (χ4n) is 9.83. The Kier molecular flexibility index (Phi) is 6.53. The average Bonchev–Trinajstić information content (AvgIpc) is 3.81. The van der Waals surface area contributed by atoms with Crippen molar-refractivity contribution < 1.29 is 4.42 Å². The van der Waals surface area contributed by atoms with Crippen LogP contribution in [-0.4, -0.2) is 14.1 Å². The Morgan fingerprint density at radius 2 is 1.00 bits per heavy atom. The number of hydrogen-bond acceptors (Lipinski definition) is 3. The van der Waals surface area contributed by atoms with Crippen molar-refractivity contribution in [3.8, 4) is 56.0 Å². The van der Waals surface area contributed by atoms with E-state index in [2.05, 4.69) is 149 Å². The van der Waals surface area contributed by atoms with Crippen LogP contribution in [0, 0.1) is 0 Å². The highest BCUT2D eigenvalue weighted by Crippen LogP contribution is 2.50. The predicted molar refractivity (Wildman–Crippen MR) is 242 cm³/mol. The van der Waals surface area contributed by atoms with Crippen LogP contribution < -0.4 is 5.43 Å². The van der Waals surface area contributed by atoms with Gasteiger partial charge in [-0.25, -0.2) is 0 Å². The molecule has 59 heavy (non-hydrogen) atoms. The summed E-state index contributed by atoms with van der Waals surface area (Å²) in [4.78, 5) is 19.2. The highest BCUT2D eigenvalue weighted by atomic mass is 16.3. The molecule has 0 saturated heterocycles. The van der Waals surface area contributed by atoms with Gasteiger partial charge in [0.2, 0.25) is 5.43 Å². The zero-order valence-electron chi connectivity index (χ0n) is 31.6. The van der Waals surface area contributed by atoms with E-state index in [1.54, 1.807) is 0 Å². The van der Waals surface area contributed by atoms with Crippen molar-refractivity contribution in [2.24, 2.45) is 0 Å². The number of aromatic nitrogens is 3. The minimum Gasteiger partial charge on any atom is -0.456 e. The second-order valence-corrected chi connectivity index (χ2v) is 15.4. The van der Waals surface area contributed by atoms with Crippen LogP contribution in [-0.2, 0) is 0 Å². The molecule has 0 fully saturated rings. The molecular weight excluding hydrogens is 723 g/mol. The Morgan fingerprint density at radius 1 is 0.390 bits per heavy atom. The molecule has 274 valence electrons. The third-order valence-corrected chi connectivity index (χ3v) is 12.3. The number of para-hydroxylation sites is 4. The summed E-state index contributed by atoms with van der Waals surface area (Å²) >= 11 is 0. The number of nitrogens with zero attached hydrogens (tertiary/aromatic N) is 3. The molecule has 4 aromatic heterocycles. The number of fused-ring (bicyclic) bond motifs is 16. The maximum Gasteiger partial charge on any atom is 0.200 e. The molecule has 5 heteroatoms. The van der Waals surface area contributed by atoms with Crippen molar-refractivity contribution in [1.82, 2.24) is 14.1 Å². The first-order valence-corrected chi connectivity index (χ1v) is 19.9. The molecule has 0 atom stereocenters. The van der Waals surface area contributed by atoms with Gasteiger partial charge in [-0.1, -0.05) is 109 Å². The first-order chi connectivity index (χ1) is 29.2. The molecule has 0 N–H and O–H groups in total. The lowest BCUT2D eigenvalue weighted by Gasteiger charge is -2.25. The lowest BCUT2D eigenvalue weighted by Crippen LogP contribution is -2.06. The highest BCUT2D eigenvalue weighted by Gasteiger charge is 2.28. The maximum atomic E-state index is 14.2. The van der Waals surface area contributed by atoms with Crippen molar-refractivity contribution in [3.63, 3.8) is 0 Å². The van der Waals surface area contributed by atoms with Crippen LogP contribution in [0.4, 0.5) is 0 Å². The zero-order valence-corrected chi connectivity index (χ0v) is 31.6. The molecule has 13 rings (SSSR count). The molecule has 5 nitrogen and oxygen atoms in total. The minimum absolute atomic E-state index is 0.0486. The van der Waals surface area contributed by atoms with Gasteiger partial charge in [-0.3, -0.25) is 9.78 Å². The van der Waals surface area contributed by atoms with Crippen LogP contribution in [0.5, 0.6) is 0 Å². The number of benzene rings is 8. The number of hydrogen-bond donors (Lipinski definition) is 0. The van der Waals surface area contributed by atoms with Gasteiger partial charge in [0.1, 0.15) is 11.2 Å². The first kappa shape index (κ1) is 32.1. The SMILES string of the molecule is O=c1c2ccccc2oc2cc3c(cc12)-c1cccc(-n2c4ccccc4c4cc(-n5c6ccccc6c6ccccc65)ccc42)c1-c1ccccc1-c1cccnc1-3. The smallest absolute Gasteiger partial charge is 0.200 e. The van der Waals surface area contributed by atoms with E-state index in [9.17, 15) is 4.79 Å². The Hall–Kier alpha value is -8.02. The second-order valence-electron chi connectivity index (χ2n) is 15.4. The molecule has 1 aliphatic rings. The van der Waals surface area contributed by atoms with E-state index in [0.717, 1.165) is 67.0 Å². The van der Waals surface area contributed by atoms with Gasteiger partial charge in [0.25, 0.3) is 0 Å². The second kappa shape index (κ2) is 12.0. The first-order valence-electron chi connectivity index (χ1n) is 19.9. The van der Waals surface area contributed by atoms with Crippen LogP contribution in [0.2, 0.25) is 0 Å². The largest absolute Gasteiger partial charge is 0.456 e. The quantitative estimate of drug-likeness (QED) is 0.165. The van der Waals surface area contributed by atoms with Gasteiger partial charge in [-0.15, -0.1) is 0 Å². The van der Waals surface area contributed by atoms with Gasteiger partial charge in [-0.05, 0) is 95.1 Å². The summed E-state index contributed by atoms with van der Waals surface area (Å²) in [5.41, 5.74) is 15.8. The van der Waals surface area contributed by atoms with Crippen LogP contribution in [0.1, 0.15) is 0 Å². The molecule has 4 heterocycles. The lowest BCUT2D eigenvalue weighted by molar-refractivity contribution is 0.660. The average molecular weight is 754 g/mol. The summed E-state index contributed by atoms with van der Waals surface area (Å²) in [6.45, 7) is 0. The van der Waals surface area contributed by atoms with Gasteiger partial charge >= 0.3 is 0 Å². The summed E-state index contributed by atoms with van der Waals surface area (Å²) in [6.07, 6.45) is 1.84. The van der Waals surface area contributed by atoms with Gasteiger partial charge < -0.3 is 13.6 Å². The van der Waals surface area contributed by atoms with Gasteiger partial charge in [-0.2, -0.15) is 0 Å². The summed E-state index contributed by atoms with van der Waals surface area (Å²) in [6, 6.07) is 63.8. The molecule has 0 radical (unpaired) electrons. The van der Waals surface area contributed by atoms with Crippen molar-refractivity contribution in [2.45, 2.75) is 0 Å². The van der Waals surface area contributed by atoms with Gasteiger partial charge in [0.05, 0.1) is 44.2 Å². The summed E-state index contributed by atoms with van der Waals surface area (Å²) in [5, 5.41) is 5.93. The van der Waals surface area contributed by atoms with Gasteiger partial charge in [0.15, 0.2) is 0 Å². The maximum absolute atomic E-state index is 14.2. The van der Waals surface area contributed by atoms with Crippen LogP contribution in [0.3, 0.4) is 0 Å². The van der Waals surface area contributed by atoms with E-state index < -0.39 is 0 Å². The van der Waals surface area contributed by atoms with Crippen molar-refractivity contribution in [1.29, 1.82) is 0 Å². The van der Waals surface area contributed by atoms with E-state index in [-0.39, 0.29) is 5.43 Å². The number of rotatable bonds is 2. The molecule has 0 unspecified atom stereocenters. The van der Waals surface area contributed by atoms with E-state index in [1.807, 2.05) is 48.7 Å². The van der Waals surface area contributed by atoms with Gasteiger partial charge in [0, 0.05) is 50.1 Å². The summed E-state index contributed by atoms with van der Waals surface area (Å²) < 4.78 is 11.3. The van der Waals surface area contributed by atoms with Crippen LogP contribution in [0.15, 0.2) is 197 Å². The van der Waals surface area contributed by atoms with E-state index in [1.165, 1.54) is 32.6 Å². The zero-order chi connectivity index (χ0) is 38.8. The molecule has 1 aliphatic carbocycles. The molecule has 0 amide bonds. The van der Waals surface area contributed by atoms with E-state index in [0.29, 0.717) is 21.9 Å². The van der Waals surface area contributed by atoms with Crippen LogP contribution >= 0.6 is 0 Å². The Balaban J connectivity index is 1.14. The fourth-order valence-corrected chi connectivity index (χ4v) is 9.83. The van der Waals surface area contributed by atoms with Crippen molar-refractivity contribution >= 4 is 65.6 Å². The van der Waals surface area contributed by atoms with Crippen molar-refractivity contribution in [2.75, 3.05) is 0 Å². The molecule has 0 saturated carbocycles. The normalized spacial score (nSPS) is 12.1. The molecule has 0 spiro atoms. The highest BCUT2D eigenvalue weighted by molar-refractivity contribution is 6.14. The molecule has 0 aliphatic heterocycles. The monoisotopic (exact) mass is 753 g/mol. The van der Waals surface area contributed by atoms with E-state index in [4.69, 9.17) is 9.40 Å². The molecular formula is C54H31N3O2. The van der Waals surface area contributed by atoms with Crippen molar-refractivity contribution in [3.05, 3.63) is 198 Å². The predicted octanol–water partition coefficient (Wildman–Crippen LogP) is 13.5. The Morgan fingerprint density at radius 3 is 1.78 bits per heavy atom. The Labute approximate surface area is 337 Å². The number of pyridine rings is 1. The topological polar surface area (TPSA) is 53.0 Å². The van der Waals surface area contributed by atoms with E-state index >= 15 is 0 Å². The van der Waals surface area contributed by atoms with Crippen LogP contribution in [0.25, 0.3) is 122 Å².